The molecule has 4 nitrogen and oxygen atoms in total. The molecule has 0 spiro atoms. The van der Waals surface area contributed by atoms with E-state index in [1.807, 2.05) is 12.1 Å². The topological polar surface area (TPSA) is 57.8 Å². The molecule has 13 heavy (non-hydrogen) atoms. The molecule has 1 aliphatic rings. The lowest BCUT2D eigenvalue weighted by Gasteiger charge is -2.07. The maximum Gasteiger partial charge on any atom is 0.330 e. The van der Waals surface area contributed by atoms with Gasteiger partial charge in [-0.3, -0.25) is 0 Å². The van der Waals surface area contributed by atoms with Crippen LogP contribution in [0.15, 0.2) is 34.5 Å². The fourth-order valence-corrected chi connectivity index (χ4v) is 1.29. The summed E-state index contributed by atoms with van der Waals surface area (Å²) in [4.78, 5) is 0. The zero-order valence-corrected chi connectivity index (χ0v) is 7.32. The van der Waals surface area contributed by atoms with Gasteiger partial charge in [-0.25, -0.2) is 5.41 Å². The number of hydrogen-bond acceptors (Lipinski definition) is 3. The molecule has 0 aliphatic carbocycles. The summed E-state index contributed by atoms with van der Waals surface area (Å²) in [5.74, 6) is 0. The maximum absolute atomic E-state index is 7.07. The second-order valence-corrected chi connectivity index (χ2v) is 2.92. The second-order valence-electron chi connectivity index (χ2n) is 2.51. The molecular weight excluding hydrogens is 190 g/mol. The summed E-state index contributed by atoms with van der Waals surface area (Å²) >= 11 is 5.90. The molecule has 1 N–H and O–H groups in total. The number of benzene rings is 1. The summed E-state index contributed by atoms with van der Waals surface area (Å²) in [5.41, 5.74) is 0.732. The fourth-order valence-electron chi connectivity index (χ4n) is 1.06. The highest BCUT2D eigenvalue weighted by Crippen LogP contribution is 2.29. The summed E-state index contributed by atoms with van der Waals surface area (Å²) in [6, 6.07) is 7.03. The molecular formula is C8H6ClN3O. The van der Waals surface area contributed by atoms with Crippen LogP contribution in [0.1, 0.15) is 11.8 Å². The summed E-state index contributed by atoms with van der Waals surface area (Å²) in [5, 5.41) is 14.8. The SMILES string of the molecule is N=C1N=NC(c2ccccc2Cl)O1. The molecule has 1 unspecified atom stereocenters. The second kappa shape index (κ2) is 3.14. The molecule has 0 saturated heterocycles. The number of rotatable bonds is 1. The Morgan fingerprint density at radius 1 is 1.38 bits per heavy atom. The lowest BCUT2D eigenvalue weighted by molar-refractivity contribution is 0.220. The summed E-state index contributed by atoms with van der Waals surface area (Å²) < 4.78 is 4.99. The first-order valence-electron chi connectivity index (χ1n) is 3.68. The normalized spacial score (nSPS) is 20.4. The standard InChI is InChI=1S/C8H6ClN3O/c9-6-4-2-1-3-5(6)7-11-12-8(10)13-7/h1-4,7,10H. The van der Waals surface area contributed by atoms with E-state index in [1.165, 1.54) is 0 Å². The van der Waals surface area contributed by atoms with E-state index >= 15 is 0 Å². The Morgan fingerprint density at radius 2 is 2.15 bits per heavy atom. The molecule has 2 rings (SSSR count). The zero-order chi connectivity index (χ0) is 9.26. The van der Waals surface area contributed by atoms with E-state index in [2.05, 4.69) is 10.2 Å². The molecule has 1 aliphatic heterocycles. The first-order chi connectivity index (χ1) is 6.27. The number of halogens is 1. The number of nitrogens with zero attached hydrogens (tertiary/aromatic N) is 2. The number of hydrogen-bond donors (Lipinski definition) is 1. The lowest BCUT2D eigenvalue weighted by Crippen LogP contribution is -1.99. The molecule has 0 aromatic heterocycles. The van der Waals surface area contributed by atoms with E-state index in [-0.39, 0.29) is 6.02 Å². The van der Waals surface area contributed by atoms with Crippen LogP contribution in [0, 0.1) is 5.41 Å². The van der Waals surface area contributed by atoms with Gasteiger partial charge >= 0.3 is 6.02 Å². The van der Waals surface area contributed by atoms with Crippen LogP contribution in [0.3, 0.4) is 0 Å². The molecule has 5 heteroatoms. The Morgan fingerprint density at radius 3 is 2.77 bits per heavy atom. The van der Waals surface area contributed by atoms with Crippen LogP contribution in [-0.4, -0.2) is 6.02 Å². The lowest BCUT2D eigenvalue weighted by atomic mass is 10.2. The highest BCUT2D eigenvalue weighted by atomic mass is 35.5. The van der Waals surface area contributed by atoms with Crippen molar-refractivity contribution in [3.8, 4) is 0 Å². The Labute approximate surface area is 79.7 Å². The predicted octanol–water partition coefficient (Wildman–Crippen LogP) is 2.76. The smallest absolute Gasteiger partial charge is 0.330 e. The van der Waals surface area contributed by atoms with Crippen molar-refractivity contribution in [3.63, 3.8) is 0 Å². The van der Waals surface area contributed by atoms with Crippen LogP contribution < -0.4 is 0 Å². The highest BCUT2D eigenvalue weighted by molar-refractivity contribution is 6.31. The van der Waals surface area contributed by atoms with Gasteiger partial charge in [0.25, 0.3) is 0 Å². The molecule has 1 atom stereocenters. The molecule has 66 valence electrons. The number of nitrogens with one attached hydrogen (secondary N) is 1. The zero-order valence-electron chi connectivity index (χ0n) is 6.57. The van der Waals surface area contributed by atoms with Crippen molar-refractivity contribution in [2.45, 2.75) is 6.23 Å². The minimum absolute atomic E-state index is 0.176. The van der Waals surface area contributed by atoms with E-state index in [9.17, 15) is 0 Å². The molecule has 1 aromatic rings. The molecule has 1 heterocycles. The van der Waals surface area contributed by atoms with Crippen molar-refractivity contribution in [3.05, 3.63) is 34.9 Å². The van der Waals surface area contributed by atoms with E-state index in [0.29, 0.717) is 5.02 Å². The quantitative estimate of drug-likeness (QED) is 0.736. The van der Waals surface area contributed by atoms with E-state index < -0.39 is 6.23 Å². The Kier molecular flexibility index (Phi) is 1.98. The summed E-state index contributed by atoms with van der Waals surface area (Å²) in [6.45, 7) is 0. The first kappa shape index (κ1) is 8.19. The third-order valence-corrected chi connectivity index (χ3v) is 1.99. The maximum atomic E-state index is 7.07. The van der Waals surface area contributed by atoms with Gasteiger partial charge in [-0.15, -0.1) is 5.11 Å². The summed E-state index contributed by atoms with van der Waals surface area (Å²) in [7, 11) is 0. The van der Waals surface area contributed by atoms with Crippen LogP contribution in [0.25, 0.3) is 0 Å². The highest BCUT2D eigenvalue weighted by Gasteiger charge is 2.21. The Hall–Kier alpha value is -1.42. The number of azo groups is 1. The van der Waals surface area contributed by atoms with Gasteiger partial charge in [-0.2, -0.15) is 0 Å². The van der Waals surface area contributed by atoms with Gasteiger partial charge in [0, 0.05) is 10.6 Å². The minimum atomic E-state index is -0.554. The van der Waals surface area contributed by atoms with Crippen molar-refractivity contribution in [2.75, 3.05) is 0 Å². The van der Waals surface area contributed by atoms with E-state index in [0.717, 1.165) is 5.56 Å². The average molecular weight is 196 g/mol. The van der Waals surface area contributed by atoms with Gasteiger partial charge in [-0.1, -0.05) is 34.9 Å². The van der Waals surface area contributed by atoms with Gasteiger partial charge < -0.3 is 4.74 Å². The third-order valence-electron chi connectivity index (χ3n) is 1.65. The molecule has 1 aromatic carbocycles. The van der Waals surface area contributed by atoms with Crippen LogP contribution in [0.4, 0.5) is 0 Å². The minimum Gasteiger partial charge on any atom is -0.431 e. The summed E-state index contributed by atoms with van der Waals surface area (Å²) in [6.07, 6.45) is -0.554. The van der Waals surface area contributed by atoms with E-state index in [4.69, 9.17) is 21.7 Å². The van der Waals surface area contributed by atoms with Crippen molar-refractivity contribution >= 4 is 17.6 Å². The van der Waals surface area contributed by atoms with Crippen molar-refractivity contribution in [1.82, 2.24) is 0 Å². The monoisotopic (exact) mass is 195 g/mol. The van der Waals surface area contributed by atoms with Gasteiger partial charge in [0.2, 0.25) is 6.23 Å². The number of ether oxygens (including phenoxy) is 1. The molecule has 0 radical (unpaired) electrons. The fraction of sp³-hybridized carbons (Fsp3) is 0.125. The van der Waals surface area contributed by atoms with Crippen LogP contribution in [0.5, 0.6) is 0 Å². The third kappa shape index (κ3) is 1.53. The van der Waals surface area contributed by atoms with Crippen LogP contribution >= 0.6 is 11.6 Å². The Balaban J connectivity index is 2.32. The Bertz CT molecular complexity index is 377. The van der Waals surface area contributed by atoms with E-state index in [1.54, 1.807) is 12.1 Å². The van der Waals surface area contributed by atoms with Gasteiger partial charge in [0.1, 0.15) is 0 Å². The van der Waals surface area contributed by atoms with Crippen molar-refractivity contribution in [1.29, 1.82) is 5.41 Å². The van der Waals surface area contributed by atoms with Gasteiger partial charge in [0.15, 0.2) is 0 Å². The van der Waals surface area contributed by atoms with Crippen molar-refractivity contribution in [2.24, 2.45) is 10.2 Å². The van der Waals surface area contributed by atoms with Gasteiger partial charge in [0.05, 0.1) is 0 Å². The van der Waals surface area contributed by atoms with Crippen molar-refractivity contribution < 1.29 is 4.74 Å². The van der Waals surface area contributed by atoms with Crippen LogP contribution in [0.2, 0.25) is 5.02 Å². The molecule has 0 saturated carbocycles. The molecule has 0 fully saturated rings. The number of amidine groups is 1. The predicted molar refractivity (Wildman–Crippen MR) is 47.9 cm³/mol. The largest absolute Gasteiger partial charge is 0.431 e. The average Bonchev–Trinajstić information content (AvgIpc) is 2.53. The first-order valence-corrected chi connectivity index (χ1v) is 4.05. The molecule has 0 amide bonds. The molecule has 0 bridgehead atoms. The van der Waals surface area contributed by atoms with Crippen LogP contribution in [-0.2, 0) is 4.74 Å². The van der Waals surface area contributed by atoms with Gasteiger partial charge in [-0.05, 0) is 6.07 Å².